The van der Waals surface area contributed by atoms with E-state index in [4.69, 9.17) is 16.3 Å². The number of nitrogens with one attached hydrogen (secondary N) is 2. The Morgan fingerprint density at radius 2 is 1.94 bits per heavy atom. The molecule has 3 aliphatic rings. The van der Waals surface area contributed by atoms with Crippen LogP contribution in [-0.2, 0) is 4.79 Å². The summed E-state index contributed by atoms with van der Waals surface area (Å²) in [6.45, 7) is 1.51. The van der Waals surface area contributed by atoms with E-state index in [1.165, 1.54) is 44.9 Å². The smallest absolute Gasteiger partial charge is 0.329 e. The maximum Gasteiger partial charge on any atom is 0.329 e. The number of hydrogen-bond donors (Lipinski definition) is 2. The molecule has 1 aromatic heterocycles. The van der Waals surface area contributed by atoms with E-state index in [0.29, 0.717) is 22.7 Å². The van der Waals surface area contributed by atoms with Gasteiger partial charge in [0, 0.05) is 18.3 Å². The fourth-order valence-electron chi connectivity index (χ4n) is 6.04. The van der Waals surface area contributed by atoms with E-state index in [9.17, 15) is 9.59 Å². The van der Waals surface area contributed by atoms with Crippen molar-refractivity contribution < 1.29 is 14.3 Å². The number of rotatable bonds is 6. The minimum Gasteiger partial charge on any atom is -0.406 e. The second kappa shape index (κ2) is 11.1. The van der Waals surface area contributed by atoms with Crippen molar-refractivity contribution in [1.29, 1.82) is 0 Å². The molecule has 2 bridgehead atoms. The lowest BCUT2D eigenvalue weighted by Gasteiger charge is -2.45. The third kappa shape index (κ3) is 5.70. The molecule has 1 saturated heterocycles. The highest BCUT2D eigenvalue weighted by molar-refractivity contribution is 6.34. The maximum absolute atomic E-state index is 13.2. The van der Waals surface area contributed by atoms with Crippen LogP contribution in [0.3, 0.4) is 0 Å². The molecule has 1 amide bonds. The molecule has 35 heavy (non-hydrogen) atoms. The number of ether oxygens (including phenoxy) is 1. The summed E-state index contributed by atoms with van der Waals surface area (Å²) < 4.78 is 5.64. The van der Waals surface area contributed by atoms with E-state index in [2.05, 4.69) is 15.6 Å². The largest absolute Gasteiger partial charge is 0.406 e. The number of hydrogen-bond acceptors (Lipinski definition) is 5. The zero-order chi connectivity index (χ0) is 23.5. The van der Waals surface area contributed by atoms with Crippen LogP contribution >= 0.6 is 11.6 Å². The quantitative estimate of drug-likeness (QED) is 0.519. The van der Waals surface area contributed by atoms with Gasteiger partial charge in [0.2, 0.25) is 5.88 Å². The first-order chi connectivity index (χ1) is 16.5. The van der Waals surface area contributed by atoms with Gasteiger partial charge in [-0.2, -0.15) is 0 Å². The van der Waals surface area contributed by atoms with Crippen LogP contribution in [0.4, 0.5) is 0 Å². The first kappa shape index (κ1) is 25.6. The van der Waals surface area contributed by atoms with Gasteiger partial charge in [0.15, 0.2) is 0 Å². The van der Waals surface area contributed by atoms with E-state index >= 15 is 0 Å². The molecule has 2 aliphatic carbocycles. The fourth-order valence-corrected chi connectivity index (χ4v) is 6.25. The molecular formula is C28H34ClN3O3. The highest BCUT2D eigenvalue weighted by Gasteiger charge is 2.39. The van der Waals surface area contributed by atoms with Crippen LogP contribution < -0.4 is 15.4 Å². The molecule has 3 fully saturated rings. The summed E-state index contributed by atoms with van der Waals surface area (Å²) >= 11 is 6.44. The number of aromatic nitrogens is 1. The van der Waals surface area contributed by atoms with Gasteiger partial charge in [-0.1, -0.05) is 50.8 Å². The Morgan fingerprint density at radius 3 is 2.69 bits per heavy atom. The van der Waals surface area contributed by atoms with Crippen molar-refractivity contribution in [1.82, 2.24) is 15.6 Å². The molecule has 1 aliphatic heterocycles. The summed E-state index contributed by atoms with van der Waals surface area (Å²) in [4.78, 5) is 30.0. The van der Waals surface area contributed by atoms with Gasteiger partial charge >= 0.3 is 5.97 Å². The molecule has 2 radical (unpaired) electrons. The molecule has 186 valence electrons. The summed E-state index contributed by atoms with van der Waals surface area (Å²) in [6, 6.07) is 8.63. The topological polar surface area (TPSA) is 80.3 Å². The molecule has 2 saturated carbocycles. The summed E-state index contributed by atoms with van der Waals surface area (Å²) in [5.74, 6) is 0.565. The normalized spacial score (nSPS) is 25.4. The number of carbonyl (C=O) groups excluding carboxylic acids is 2. The van der Waals surface area contributed by atoms with Crippen LogP contribution in [-0.4, -0.2) is 36.0 Å². The zero-order valence-corrected chi connectivity index (χ0v) is 20.9. The summed E-state index contributed by atoms with van der Waals surface area (Å²) in [5.41, 5.74) is 2.05. The highest BCUT2D eigenvalue weighted by Crippen LogP contribution is 2.48. The van der Waals surface area contributed by atoms with E-state index in [-0.39, 0.29) is 36.6 Å². The lowest BCUT2D eigenvalue weighted by atomic mass is 9.62. The lowest BCUT2D eigenvalue weighted by Crippen LogP contribution is -2.43. The van der Waals surface area contributed by atoms with Gasteiger partial charge in [0.25, 0.3) is 5.91 Å². The van der Waals surface area contributed by atoms with Crippen molar-refractivity contribution >= 4 is 23.5 Å². The average molecular weight is 496 g/mol. The van der Waals surface area contributed by atoms with Gasteiger partial charge in [-0.3, -0.25) is 4.79 Å². The predicted molar refractivity (Wildman–Crippen MR) is 137 cm³/mol. The molecule has 2 heterocycles. The van der Waals surface area contributed by atoms with Gasteiger partial charge in [0.1, 0.15) is 6.04 Å². The predicted octanol–water partition coefficient (Wildman–Crippen LogP) is 5.48. The van der Waals surface area contributed by atoms with Crippen LogP contribution in [0, 0.1) is 18.8 Å². The first-order valence-corrected chi connectivity index (χ1v) is 12.9. The molecule has 2 aromatic rings. The second-order valence-electron chi connectivity index (χ2n) is 10.2. The molecule has 6 nitrogen and oxygen atoms in total. The average Bonchev–Trinajstić information content (AvgIpc) is 3.39. The Balaban J connectivity index is 0.00000289. The van der Waals surface area contributed by atoms with E-state index in [0.717, 1.165) is 30.9 Å². The molecule has 7 heteroatoms. The van der Waals surface area contributed by atoms with Gasteiger partial charge in [-0.05, 0) is 79.8 Å². The number of nitrogens with zero attached hydrogens (tertiary/aromatic N) is 1. The Hall–Kier alpha value is -2.44. The van der Waals surface area contributed by atoms with Crippen LogP contribution in [0.1, 0.15) is 68.1 Å². The summed E-state index contributed by atoms with van der Waals surface area (Å²) in [5, 5.41) is 6.74. The molecule has 1 aromatic carbocycles. The molecular weight excluding hydrogens is 462 g/mol. The maximum atomic E-state index is 13.2. The Labute approximate surface area is 213 Å². The van der Waals surface area contributed by atoms with Crippen LogP contribution in [0.2, 0.25) is 5.02 Å². The van der Waals surface area contributed by atoms with Crippen molar-refractivity contribution in [3.63, 3.8) is 0 Å². The van der Waals surface area contributed by atoms with Crippen LogP contribution in [0.25, 0.3) is 11.1 Å². The van der Waals surface area contributed by atoms with Crippen molar-refractivity contribution in [2.45, 2.75) is 63.8 Å². The number of benzene rings is 1. The molecule has 1 atom stereocenters. The van der Waals surface area contributed by atoms with Crippen molar-refractivity contribution in [3.05, 3.63) is 54.5 Å². The lowest BCUT2D eigenvalue weighted by molar-refractivity contribution is -0.136. The van der Waals surface area contributed by atoms with Crippen LogP contribution in [0.15, 0.2) is 36.5 Å². The summed E-state index contributed by atoms with van der Waals surface area (Å²) in [7, 11) is 0. The molecule has 2 N–H and O–H groups in total. The monoisotopic (exact) mass is 495 g/mol. The number of halogens is 1. The third-order valence-corrected chi connectivity index (χ3v) is 8.15. The second-order valence-corrected chi connectivity index (χ2v) is 10.6. The van der Waals surface area contributed by atoms with E-state index in [1.807, 2.05) is 12.1 Å². The van der Waals surface area contributed by atoms with E-state index in [1.54, 1.807) is 24.4 Å². The van der Waals surface area contributed by atoms with Gasteiger partial charge in [-0.15, -0.1) is 0 Å². The number of amides is 1. The van der Waals surface area contributed by atoms with Crippen molar-refractivity contribution in [2.24, 2.45) is 11.3 Å². The Bertz CT molecular complexity index is 1060. The minimum absolute atomic E-state index is 0. The SMILES string of the molecule is O=C(NCC12CCCC(CCC1)C2)c1cc(-c2cccnc2OC(=O)[C@@H]2CCCN2)ccc1Cl.[CH2]. The number of esters is 1. The molecule has 0 spiro atoms. The van der Waals surface area contributed by atoms with Gasteiger partial charge in [0.05, 0.1) is 10.6 Å². The van der Waals surface area contributed by atoms with E-state index < -0.39 is 0 Å². The third-order valence-electron chi connectivity index (χ3n) is 7.82. The first-order valence-electron chi connectivity index (χ1n) is 12.5. The molecule has 5 rings (SSSR count). The van der Waals surface area contributed by atoms with Crippen LogP contribution in [0.5, 0.6) is 5.88 Å². The van der Waals surface area contributed by atoms with Gasteiger partial charge < -0.3 is 15.4 Å². The van der Waals surface area contributed by atoms with Crippen molar-refractivity contribution in [2.75, 3.05) is 13.1 Å². The standard InChI is InChI=1S/C27H32ClN3O3.CH2/c28-22-10-9-19(20-7-3-14-30-25(20)34-26(33)23-8-4-13-29-23)15-21(22)24(32)31-17-27-11-1-5-18(16-27)6-2-12-27;/h3,7,9-10,14-15,18,23,29H,1-2,4-6,8,11-13,16-17H2,(H,31,32);1H2/t18?,23-,27?;/m0./s1. The summed E-state index contributed by atoms with van der Waals surface area (Å²) in [6.07, 6.45) is 12.1. The molecule has 0 unspecified atom stereocenters. The Morgan fingerprint density at radius 1 is 1.14 bits per heavy atom. The Kier molecular flexibility index (Phi) is 8.12. The fraction of sp³-hybridized carbons (Fsp3) is 0.500. The minimum atomic E-state index is -0.332. The zero-order valence-electron chi connectivity index (χ0n) is 20.2. The van der Waals surface area contributed by atoms with Crippen molar-refractivity contribution in [3.8, 4) is 17.0 Å². The number of fused-ring (bicyclic) bond motifs is 2. The number of carbonyl (C=O) groups is 2. The van der Waals surface area contributed by atoms with Gasteiger partial charge in [-0.25, -0.2) is 9.78 Å². The number of pyridine rings is 1. The highest BCUT2D eigenvalue weighted by atomic mass is 35.5.